The summed E-state index contributed by atoms with van der Waals surface area (Å²) >= 11 is 0. The fraction of sp³-hybridized carbons (Fsp3) is 0.385. The molecule has 0 saturated carbocycles. The van der Waals surface area contributed by atoms with E-state index in [1.165, 1.54) is 0 Å². The van der Waals surface area contributed by atoms with Crippen LogP contribution in [0.5, 0.6) is 0 Å². The molecule has 4 heteroatoms. The van der Waals surface area contributed by atoms with Crippen LogP contribution < -0.4 is 5.73 Å². The number of hydrogen-bond acceptors (Lipinski definition) is 3. The van der Waals surface area contributed by atoms with Crippen LogP contribution >= 0.6 is 0 Å². The SMILES string of the molecule is CCc1nc(CC(N)c2ccccc2)n(C)n1. The maximum Gasteiger partial charge on any atom is 0.150 e. The second-order valence-electron chi connectivity index (χ2n) is 4.14. The van der Waals surface area contributed by atoms with Crippen LogP contribution in [0.1, 0.15) is 30.2 Å². The topological polar surface area (TPSA) is 56.7 Å². The first-order chi connectivity index (χ1) is 8.20. The Morgan fingerprint density at radius 1 is 1.29 bits per heavy atom. The molecule has 0 aliphatic rings. The van der Waals surface area contributed by atoms with Crippen molar-refractivity contribution in [1.82, 2.24) is 14.8 Å². The molecule has 1 aromatic carbocycles. The van der Waals surface area contributed by atoms with E-state index in [-0.39, 0.29) is 6.04 Å². The van der Waals surface area contributed by atoms with E-state index in [0.717, 1.165) is 23.6 Å². The molecule has 1 heterocycles. The Kier molecular flexibility index (Phi) is 3.54. The van der Waals surface area contributed by atoms with E-state index >= 15 is 0 Å². The molecule has 0 saturated heterocycles. The average molecular weight is 230 g/mol. The van der Waals surface area contributed by atoms with Crippen molar-refractivity contribution in [3.05, 3.63) is 47.5 Å². The normalized spacial score (nSPS) is 12.6. The largest absolute Gasteiger partial charge is 0.324 e. The van der Waals surface area contributed by atoms with Gasteiger partial charge in [-0.05, 0) is 5.56 Å². The molecule has 4 nitrogen and oxygen atoms in total. The lowest BCUT2D eigenvalue weighted by molar-refractivity contribution is 0.628. The molecule has 17 heavy (non-hydrogen) atoms. The molecule has 0 spiro atoms. The highest BCUT2D eigenvalue weighted by molar-refractivity contribution is 5.19. The van der Waals surface area contributed by atoms with Crippen LogP contribution in [0.3, 0.4) is 0 Å². The summed E-state index contributed by atoms with van der Waals surface area (Å²) in [7, 11) is 1.92. The molecule has 1 unspecified atom stereocenters. The minimum Gasteiger partial charge on any atom is -0.324 e. The Balaban J connectivity index is 2.13. The maximum atomic E-state index is 6.17. The molecule has 0 radical (unpaired) electrons. The summed E-state index contributed by atoms with van der Waals surface area (Å²) in [5.41, 5.74) is 7.30. The predicted octanol–water partition coefficient (Wildman–Crippen LogP) is 1.62. The van der Waals surface area contributed by atoms with Crippen molar-refractivity contribution in [2.24, 2.45) is 12.8 Å². The van der Waals surface area contributed by atoms with Crippen LogP contribution in [0.15, 0.2) is 30.3 Å². The Morgan fingerprint density at radius 3 is 2.59 bits per heavy atom. The van der Waals surface area contributed by atoms with E-state index < -0.39 is 0 Å². The molecule has 2 rings (SSSR count). The van der Waals surface area contributed by atoms with Crippen molar-refractivity contribution in [3.8, 4) is 0 Å². The zero-order chi connectivity index (χ0) is 12.3. The smallest absolute Gasteiger partial charge is 0.150 e. The van der Waals surface area contributed by atoms with E-state index in [9.17, 15) is 0 Å². The molecule has 0 amide bonds. The Hall–Kier alpha value is -1.68. The Morgan fingerprint density at radius 2 is 2.00 bits per heavy atom. The molecule has 2 N–H and O–H groups in total. The lowest BCUT2D eigenvalue weighted by Gasteiger charge is -2.10. The van der Waals surface area contributed by atoms with Gasteiger partial charge in [-0.3, -0.25) is 4.68 Å². The first-order valence-electron chi connectivity index (χ1n) is 5.90. The molecule has 0 aliphatic carbocycles. The van der Waals surface area contributed by atoms with E-state index in [1.807, 2.05) is 42.1 Å². The van der Waals surface area contributed by atoms with Crippen LogP contribution in [0.4, 0.5) is 0 Å². The summed E-state index contributed by atoms with van der Waals surface area (Å²) in [4.78, 5) is 4.47. The van der Waals surface area contributed by atoms with Crippen LogP contribution in [0, 0.1) is 0 Å². The zero-order valence-corrected chi connectivity index (χ0v) is 10.3. The monoisotopic (exact) mass is 230 g/mol. The van der Waals surface area contributed by atoms with Gasteiger partial charge in [-0.1, -0.05) is 37.3 Å². The van der Waals surface area contributed by atoms with Gasteiger partial charge in [0.15, 0.2) is 5.82 Å². The van der Waals surface area contributed by atoms with Gasteiger partial charge in [0.25, 0.3) is 0 Å². The van der Waals surface area contributed by atoms with Crippen molar-refractivity contribution in [3.63, 3.8) is 0 Å². The van der Waals surface area contributed by atoms with Gasteiger partial charge in [0.2, 0.25) is 0 Å². The van der Waals surface area contributed by atoms with Crippen LogP contribution in [0.2, 0.25) is 0 Å². The highest BCUT2D eigenvalue weighted by Gasteiger charge is 2.12. The van der Waals surface area contributed by atoms with Gasteiger partial charge in [0.1, 0.15) is 5.82 Å². The zero-order valence-electron chi connectivity index (χ0n) is 10.3. The van der Waals surface area contributed by atoms with Crippen LogP contribution in [-0.2, 0) is 19.9 Å². The van der Waals surface area contributed by atoms with E-state index in [0.29, 0.717) is 6.42 Å². The highest BCUT2D eigenvalue weighted by Crippen LogP contribution is 2.14. The molecule has 2 aromatic rings. The minimum atomic E-state index is -0.0243. The van der Waals surface area contributed by atoms with E-state index in [4.69, 9.17) is 5.73 Å². The maximum absolute atomic E-state index is 6.17. The lowest BCUT2D eigenvalue weighted by Crippen LogP contribution is -2.15. The molecule has 1 aromatic heterocycles. The first-order valence-corrected chi connectivity index (χ1v) is 5.90. The third kappa shape index (κ3) is 2.71. The van der Waals surface area contributed by atoms with Crippen LogP contribution in [-0.4, -0.2) is 14.8 Å². The first kappa shape index (κ1) is 11.8. The van der Waals surface area contributed by atoms with Crippen molar-refractivity contribution in [2.75, 3.05) is 0 Å². The molecule has 0 aliphatic heterocycles. The van der Waals surface area contributed by atoms with Gasteiger partial charge in [-0.15, -0.1) is 0 Å². The number of rotatable bonds is 4. The van der Waals surface area contributed by atoms with Crippen LogP contribution in [0.25, 0.3) is 0 Å². The third-order valence-electron chi connectivity index (χ3n) is 2.84. The Bertz CT molecular complexity index is 475. The summed E-state index contributed by atoms with van der Waals surface area (Å²) in [5.74, 6) is 1.82. The summed E-state index contributed by atoms with van der Waals surface area (Å²) in [6.45, 7) is 2.05. The number of aryl methyl sites for hydroxylation is 2. The van der Waals surface area contributed by atoms with Crippen molar-refractivity contribution in [2.45, 2.75) is 25.8 Å². The van der Waals surface area contributed by atoms with Gasteiger partial charge in [-0.2, -0.15) is 5.10 Å². The van der Waals surface area contributed by atoms with Crippen molar-refractivity contribution < 1.29 is 0 Å². The minimum absolute atomic E-state index is 0.0243. The van der Waals surface area contributed by atoms with Gasteiger partial charge < -0.3 is 5.73 Å². The fourth-order valence-electron chi connectivity index (χ4n) is 1.82. The van der Waals surface area contributed by atoms with E-state index in [1.54, 1.807) is 0 Å². The van der Waals surface area contributed by atoms with Gasteiger partial charge >= 0.3 is 0 Å². The number of benzene rings is 1. The Labute approximate surface area is 101 Å². The quantitative estimate of drug-likeness (QED) is 0.868. The number of aromatic nitrogens is 3. The summed E-state index contributed by atoms with van der Waals surface area (Å²) in [6.07, 6.45) is 1.57. The average Bonchev–Trinajstić information content (AvgIpc) is 2.71. The summed E-state index contributed by atoms with van der Waals surface area (Å²) < 4.78 is 1.82. The van der Waals surface area contributed by atoms with Crippen molar-refractivity contribution in [1.29, 1.82) is 0 Å². The second kappa shape index (κ2) is 5.10. The summed E-state index contributed by atoms with van der Waals surface area (Å²) in [6, 6.07) is 10.1. The molecular formula is C13H18N4. The summed E-state index contributed by atoms with van der Waals surface area (Å²) in [5, 5.41) is 4.33. The lowest BCUT2D eigenvalue weighted by atomic mass is 10.0. The van der Waals surface area contributed by atoms with Gasteiger partial charge in [-0.25, -0.2) is 4.98 Å². The van der Waals surface area contributed by atoms with Gasteiger partial charge in [0.05, 0.1) is 0 Å². The molecule has 0 fully saturated rings. The van der Waals surface area contributed by atoms with Gasteiger partial charge in [0, 0.05) is 25.9 Å². The predicted molar refractivity (Wildman–Crippen MR) is 67.5 cm³/mol. The molecule has 1 atom stereocenters. The second-order valence-corrected chi connectivity index (χ2v) is 4.14. The fourth-order valence-corrected chi connectivity index (χ4v) is 1.82. The van der Waals surface area contributed by atoms with Crippen molar-refractivity contribution >= 4 is 0 Å². The number of nitrogens with two attached hydrogens (primary N) is 1. The molecule has 0 bridgehead atoms. The standard InChI is InChI=1S/C13H18N4/c1-3-12-15-13(17(2)16-12)9-11(14)10-7-5-4-6-8-10/h4-8,11H,3,9,14H2,1-2H3. The van der Waals surface area contributed by atoms with E-state index in [2.05, 4.69) is 17.0 Å². The molecule has 90 valence electrons. The number of hydrogen-bond donors (Lipinski definition) is 1. The molecular weight excluding hydrogens is 212 g/mol. The third-order valence-corrected chi connectivity index (χ3v) is 2.84. The highest BCUT2D eigenvalue weighted by atomic mass is 15.3. The number of nitrogens with zero attached hydrogens (tertiary/aromatic N) is 3.